The molecule has 0 aliphatic heterocycles. The SMILES string of the molecule is Nc1nc2cccc(Cl)c2n1CCc1cccc(F)c1. The minimum Gasteiger partial charge on any atom is -0.369 e. The van der Waals surface area contributed by atoms with E-state index in [1.54, 1.807) is 6.07 Å². The highest BCUT2D eigenvalue weighted by Crippen LogP contribution is 2.25. The van der Waals surface area contributed by atoms with Gasteiger partial charge in [-0.3, -0.25) is 0 Å². The Kier molecular flexibility index (Phi) is 3.32. The van der Waals surface area contributed by atoms with E-state index >= 15 is 0 Å². The van der Waals surface area contributed by atoms with E-state index in [1.165, 1.54) is 12.1 Å². The second-order valence-electron chi connectivity index (χ2n) is 4.61. The van der Waals surface area contributed by atoms with E-state index in [9.17, 15) is 4.39 Å². The molecule has 1 aromatic heterocycles. The summed E-state index contributed by atoms with van der Waals surface area (Å²) in [4.78, 5) is 4.29. The molecule has 1 heterocycles. The van der Waals surface area contributed by atoms with Crippen molar-refractivity contribution in [2.75, 3.05) is 5.73 Å². The maximum Gasteiger partial charge on any atom is 0.201 e. The molecule has 0 unspecified atom stereocenters. The number of aryl methyl sites for hydroxylation is 2. The number of benzene rings is 2. The molecule has 2 N–H and O–H groups in total. The van der Waals surface area contributed by atoms with Crippen LogP contribution in [0.5, 0.6) is 0 Å². The summed E-state index contributed by atoms with van der Waals surface area (Å²) in [6.45, 7) is 0.607. The highest BCUT2D eigenvalue weighted by molar-refractivity contribution is 6.35. The minimum absolute atomic E-state index is 0.232. The molecular weight excluding hydrogens is 277 g/mol. The van der Waals surface area contributed by atoms with Crippen molar-refractivity contribution in [3.05, 3.63) is 58.9 Å². The van der Waals surface area contributed by atoms with E-state index in [2.05, 4.69) is 4.98 Å². The number of nitrogen functional groups attached to an aromatic ring is 1. The van der Waals surface area contributed by atoms with Crippen LogP contribution in [0.1, 0.15) is 5.56 Å². The first-order valence-corrected chi connectivity index (χ1v) is 6.67. The van der Waals surface area contributed by atoms with Crippen molar-refractivity contribution in [2.45, 2.75) is 13.0 Å². The second kappa shape index (κ2) is 5.13. The van der Waals surface area contributed by atoms with E-state index in [0.29, 0.717) is 23.9 Å². The maximum absolute atomic E-state index is 13.2. The summed E-state index contributed by atoms with van der Waals surface area (Å²) in [5, 5.41) is 0.617. The number of hydrogen-bond acceptors (Lipinski definition) is 2. The summed E-state index contributed by atoms with van der Waals surface area (Å²) in [6, 6.07) is 12.1. The van der Waals surface area contributed by atoms with E-state index in [0.717, 1.165) is 16.6 Å². The zero-order chi connectivity index (χ0) is 14.1. The summed E-state index contributed by atoms with van der Waals surface area (Å²) in [5.41, 5.74) is 8.45. The largest absolute Gasteiger partial charge is 0.369 e. The average Bonchev–Trinajstić information content (AvgIpc) is 2.74. The molecule has 0 aliphatic rings. The van der Waals surface area contributed by atoms with Crippen LogP contribution in [-0.4, -0.2) is 9.55 Å². The van der Waals surface area contributed by atoms with Crippen LogP contribution in [0.2, 0.25) is 5.02 Å². The molecule has 0 fully saturated rings. The van der Waals surface area contributed by atoms with Crippen LogP contribution in [-0.2, 0) is 13.0 Å². The lowest BCUT2D eigenvalue weighted by Gasteiger charge is -2.07. The fraction of sp³-hybridized carbons (Fsp3) is 0.133. The van der Waals surface area contributed by atoms with Gasteiger partial charge in [0.1, 0.15) is 5.82 Å². The van der Waals surface area contributed by atoms with Crippen molar-refractivity contribution in [1.29, 1.82) is 0 Å². The molecule has 5 heteroatoms. The molecule has 0 atom stereocenters. The lowest BCUT2D eigenvalue weighted by Crippen LogP contribution is -2.06. The molecule has 0 saturated heterocycles. The lowest BCUT2D eigenvalue weighted by atomic mass is 10.1. The van der Waals surface area contributed by atoms with Crippen molar-refractivity contribution in [3.8, 4) is 0 Å². The highest BCUT2D eigenvalue weighted by atomic mass is 35.5. The van der Waals surface area contributed by atoms with Crippen molar-refractivity contribution >= 4 is 28.6 Å². The third-order valence-corrected chi connectivity index (χ3v) is 3.57. The number of aromatic nitrogens is 2. The van der Waals surface area contributed by atoms with Crippen LogP contribution in [0.4, 0.5) is 10.3 Å². The van der Waals surface area contributed by atoms with Gasteiger partial charge in [0.05, 0.1) is 16.1 Å². The number of hydrogen-bond donors (Lipinski definition) is 1. The van der Waals surface area contributed by atoms with Gasteiger partial charge in [-0.25, -0.2) is 9.37 Å². The van der Waals surface area contributed by atoms with Crippen LogP contribution < -0.4 is 5.73 Å². The molecule has 2 aromatic carbocycles. The average molecular weight is 290 g/mol. The van der Waals surface area contributed by atoms with Gasteiger partial charge in [-0.2, -0.15) is 0 Å². The van der Waals surface area contributed by atoms with Gasteiger partial charge >= 0.3 is 0 Å². The maximum atomic E-state index is 13.2. The molecule has 0 amide bonds. The molecule has 3 nitrogen and oxygen atoms in total. The smallest absolute Gasteiger partial charge is 0.201 e. The fourth-order valence-corrected chi connectivity index (χ4v) is 2.59. The molecule has 0 spiro atoms. The number of imidazole rings is 1. The standard InChI is InChI=1S/C15H13ClFN3/c16-12-5-2-6-13-14(12)20(15(18)19-13)8-7-10-3-1-4-11(17)9-10/h1-6,9H,7-8H2,(H2,18,19). The number of anilines is 1. The van der Waals surface area contributed by atoms with E-state index in [-0.39, 0.29) is 5.82 Å². The predicted octanol–water partition coefficient (Wildman–Crippen LogP) is 3.65. The van der Waals surface area contributed by atoms with Gasteiger partial charge in [-0.15, -0.1) is 0 Å². The molecule has 0 radical (unpaired) electrons. The van der Waals surface area contributed by atoms with E-state index < -0.39 is 0 Å². The van der Waals surface area contributed by atoms with Crippen molar-refractivity contribution in [1.82, 2.24) is 9.55 Å². The zero-order valence-corrected chi connectivity index (χ0v) is 11.4. The number of rotatable bonds is 3. The quantitative estimate of drug-likeness (QED) is 0.800. The third kappa shape index (κ3) is 2.34. The van der Waals surface area contributed by atoms with Crippen LogP contribution in [0.15, 0.2) is 42.5 Å². The molecule has 3 rings (SSSR count). The predicted molar refractivity (Wildman–Crippen MR) is 79.3 cm³/mol. The molecule has 3 aromatic rings. The summed E-state index contributed by atoms with van der Waals surface area (Å²) in [7, 11) is 0. The van der Waals surface area contributed by atoms with E-state index in [4.69, 9.17) is 17.3 Å². The normalized spacial score (nSPS) is 11.1. The highest BCUT2D eigenvalue weighted by Gasteiger charge is 2.11. The molecule has 20 heavy (non-hydrogen) atoms. The Morgan fingerprint density at radius 1 is 1.20 bits per heavy atom. The zero-order valence-electron chi connectivity index (χ0n) is 10.7. The Balaban J connectivity index is 1.93. The molecule has 0 bridgehead atoms. The summed E-state index contributed by atoms with van der Waals surface area (Å²) >= 11 is 6.21. The van der Waals surface area contributed by atoms with Crippen LogP contribution >= 0.6 is 11.6 Å². The first-order chi connectivity index (χ1) is 9.65. The fourth-order valence-electron chi connectivity index (χ4n) is 2.32. The van der Waals surface area contributed by atoms with Gasteiger partial charge in [0, 0.05) is 6.54 Å². The van der Waals surface area contributed by atoms with Crippen molar-refractivity contribution < 1.29 is 4.39 Å². The van der Waals surface area contributed by atoms with Crippen molar-refractivity contribution in [2.24, 2.45) is 0 Å². The third-order valence-electron chi connectivity index (χ3n) is 3.26. The van der Waals surface area contributed by atoms with Crippen LogP contribution in [0, 0.1) is 5.82 Å². The molecular formula is C15H13ClFN3. The van der Waals surface area contributed by atoms with E-state index in [1.807, 2.05) is 28.8 Å². The Labute approximate surface area is 120 Å². The van der Waals surface area contributed by atoms with Gasteiger partial charge in [-0.1, -0.05) is 29.8 Å². The van der Waals surface area contributed by atoms with Gasteiger partial charge in [0.25, 0.3) is 0 Å². The van der Waals surface area contributed by atoms with Gasteiger partial charge in [0.2, 0.25) is 5.95 Å². The Morgan fingerprint density at radius 3 is 2.80 bits per heavy atom. The number of halogens is 2. The second-order valence-corrected chi connectivity index (χ2v) is 5.02. The molecule has 0 saturated carbocycles. The van der Waals surface area contributed by atoms with Gasteiger partial charge < -0.3 is 10.3 Å². The Bertz CT molecular complexity index is 767. The van der Waals surface area contributed by atoms with Gasteiger partial charge in [-0.05, 0) is 36.2 Å². The van der Waals surface area contributed by atoms with Crippen molar-refractivity contribution in [3.63, 3.8) is 0 Å². The number of fused-ring (bicyclic) bond motifs is 1. The number of nitrogens with two attached hydrogens (primary N) is 1. The summed E-state index contributed by atoms with van der Waals surface area (Å²) < 4.78 is 15.0. The Hall–Kier alpha value is -2.07. The topological polar surface area (TPSA) is 43.8 Å². The lowest BCUT2D eigenvalue weighted by molar-refractivity contribution is 0.623. The van der Waals surface area contributed by atoms with Crippen LogP contribution in [0.25, 0.3) is 11.0 Å². The molecule has 102 valence electrons. The van der Waals surface area contributed by atoms with Gasteiger partial charge in [0.15, 0.2) is 0 Å². The summed E-state index contributed by atoms with van der Waals surface area (Å²) in [5.74, 6) is 0.188. The number of nitrogens with zero attached hydrogens (tertiary/aromatic N) is 2. The number of para-hydroxylation sites is 1. The van der Waals surface area contributed by atoms with Crippen LogP contribution in [0.3, 0.4) is 0 Å². The Morgan fingerprint density at radius 2 is 2.00 bits per heavy atom. The monoisotopic (exact) mass is 289 g/mol. The minimum atomic E-state index is -0.232. The first-order valence-electron chi connectivity index (χ1n) is 6.30. The summed E-state index contributed by atoms with van der Waals surface area (Å²) in [6.07, 6.45) is 0.665. The first kappa shape index (κ1) is 12.9. The molecule has 0 aliphatic carbocycles.